The number of hydrogen-bond acceptors (Lipinski definition) is 4. The van der Waals surface area contributed by atoms with Gasteiger partial charge in [0, 0.05) is 6.54 Å². The molecule has 1 aromatic carbocycles. The largest absolute Gasteiger partial charge is 0.496 e. The number of nitrogens with two attached hydrogens (primary N) is 1. The van der Waals surface area contributed by atoms with Gasteiger partial charge in [-0.1, -0.05) is 12.1 Å². The van der Waals surface area contributed by atoms with Crippen molar-refractivity contribution in [2.24, 2.45) is 5.73 Å². The van der Waals surface area contributed by atoms with E-state index in [1.807, 2.05) is 26.0 Å². The van der Waals surface area contributed by atoms with Crippen molar-refractivity contribution in [3.05, 3.63) is 28.8 Å². The second kappa shape index (κ2) is 5.68. The number of benzene rings is 1. The molecule has 4 heteroatoms. The Morgan fingerprint density at radius 2 is 1.82 bits per heavy atom. The van der Waals surface area contributed by atoms with Crippen LogP contribution in [0.3, 0.4) is 0 Å². The number of aryl methyl sites for hydroxylation is 2. The number of carbonyl (C=O) groups is 1. The smallest absolute Gasteiger partial charge is 0.314 e. The van der Waals surface area contributed by atoms with Crippen LogP contribution in [0, 0.1) is 13.8 Å². The minimum atomic E-state index is -0.414. The molecule has 0 fully saturated rings. The second-order valence-electron chi connectivity index (χ2n) is 4.00. The summed E-state index contributed by atoms with van der Waals surface area (Å²) >= 11 is 0. The lowest BCUT2D eigenvalue weighted by atomic mass is 9.95. The van der Waals surface area contributed by atoms with Gasteiger partial charge in [0.15, 0.2) is 0 Å². The monoisotopic (exact) mass is 237 g/mol. The fourth-order valence-electron chi connectivity index (χ4n) is 2.02. The van der Waals surface area contributed by atoms with Crippen molar-refractivity contribution in [3.63, 3.8) is 0 Å². The highest BCUT2D eigenvalue weighted by Gasteiger charge is 2.21. The number of esters is 1. The molecule has 1 rings (SSSR count). The maximum Gasteiger partial charge on any atom is 0.314 e. The number of carbonyl (C=O) groups excluding carboxylic acids is 1. The van der Waals surface area contributed by atoms with E-state index in [0.717, 1.165) is 22.4 Å². The van der Waals surface area contributed by atoms with Gasteiger partial charge in [0.1, 0.15) is 5.75 Å². The van der Waals surface area contributed by atoms with Gasteiger partial charge in [-0.2, -0.15) is 0 Å². The van der Waals surface area contributed by atoms with Gasteiger partial charge >= 0.3 is 5.97 Å². The Labute approximate surface area is 102 Å². The lowest BCUT2D eigenvalue weighted by molar-refractivity contribution is -0.142. The molecule has 2 N–H and O–H groups in total. The zero-order valence-corrected chi connectivity index (χ0v) is 10.7. The van der Waals surface area contributed by atoms with Crippen molar-refractivity contribution < 1.29 is 14.3 Å². The molecule has 0 spiro atoms. The third-order valence-electron chi connectivity index (χ3n) is 2.81. The Balaban J connectivity index is 3.18. The van der Waals surface area contributed by atoms with Crippen LogP contribution in [-0.4, -0.2) is 26.7 Å². The molecule has 0 radical (unpaired) electrons. The molecule has 0 bridgehead atoms. The average molecular weight is 237 g/mol. The zero-order chi connectivity index (χ0) is 13.0. The summed E-state index contributed by atoms with van der Waals surface area (Å²) in [5.74, 6) is 0.120. The highest BCUT2D eigenvalue weighted by atomic mass is 16.5. The fourth-order valence-corrected chi connectivity index (χ4v) is 2.02. The average Bonchev–Trinajstić information content (AvgIpc) is 2.29. The van der Waals surface area contributed by atoms with Gasteiger partial charge < -0.3 is 15.2 Å². The number of rotatable bonds is 4. The van der Waals surface area contributed by atoms with Crippen molar-refractivity contribution in [2.45, 2.75) is 19.8 Å². The van der Waals surface area contributed by atoms with Gasteiger partial charge in [0.05, 0.1) is 20.1 Å². The van der Waals surface area contributed by atoms with Crippen molar-refractivity contribution in [3.8, 4) is 5.75 Å². The van der Waals surface area contributed by atoms with Gasteiger partial charge in [-0.05, 0) is 30.5 Å². The summed E-state index contributed by atoms with van der Waals surface area (Å²) in [7, 11) is 3.00. The highest BCUT2D eigenvalue weighted by molar-refractivity contribution is 5.78. The quantitative estimate of drug-likeness (QED) is 0.807. The normalized spacial score (nSPS) is 12.1. The van der Waals surface area contributed by atoms with E-state index < -0.39 is 5.92 Å². The fraction of sp³-hybridized carbons (Fsp3) is 0.462. The molecule has 0 amide bonds. The Morgan fingerprint density at radius 1 is 1.29 bits per heavy atom. The first-order valence-electron chi connectivity index (χ1n) is 5.48. The molecule has 0 aliphatic rings. The number of methoxy groups -OCH3 is 2. The minimum absolute atomic E-state index is 0.234. The summed E-state index contributed by atoms with van der Waals surface area (Å²) in [6.07, 6.45) is 0. The maximum atomic E-state index is 11.6. The summed E-state index contributed by atoms with van der Waals surface area (Å²) in [4.78, 5) is 11.6. The van der Waals surface area contributed by atoms with Gasteiger partial charge in [0.25, 0.3) is 0 Å². The summed E-state index contributed by atoms with van der Waals surface area (Å²) in [5, 5.41) is 0. The molecule has 0 saturated carbocycles. The van der Waals surface area contributed by atoms with Gasteiger partial charge in [-0.25, -0.2) is 0 Å². The van der Waals surface area contributed by atoms with Crippen LogP contribution in [0.2, 0.25) is 0 Å². The first kappa shape index (κ1) is 13.5. The molecule has 0 aliphatic heterocycles. The molecule has 0 saturated heterocycles. The number of ether oxygens (including phenoxy) is 2. The van der Waals surface area contributed by atoms with Crippen LogP contribution in [0.25, 0.3) is 0 Å². The summed E-state index contributed by atoms with van der Waals surface area (Å²) in [6, 6.07) is 3.83. The second-order valence-corrected chi connectivity index (χ2v) is 4.00. The summed E-state index contributed by atoms with van der Waals surface area (Å²) in [6.45, 7) is 4.12. The Hall–Kier alpha value is -1.55. The molecule has 0 aromatic heterocycles. The highest BCUT2D eigenvalue weighted by Crippen LogP contribution is 2.28. The van der Waals surface area contributed by atoms with Crippen LogP contribution in [-0.2, 0) is 9.53 Å². The van der Waals surface area contributed by atoms with Crippen LogP contribution < -0.4 is 10.5 Å². The molecular formula is C13H19NO3. The van der Waals surface area contributed by atoms with E-state index in [9.17, 15) is 4.79 Å². The van der Waals surface area contributed by atoms with E-state index in [1.54, 1.807) is 7.11 Å². The van der Waals surface area contributed by atoms with Crippen LogP contribution in [0.1, 0.15) is 22.6 Å². The van der Waals surface area contributed by atoms with Crippen molar-refractivity contribution >= 4 is 5.97 Å². The zero-order valence-electron chi connectivity index (χ0n) is 10.7. The van der Waals surface area contributed by atoms with E-state index in [2.05, 4.69) is 0 Å². The van der Waals surface area contributed by atoms with Crippen molar-refractivity contribution in [1.29, 1.82) is 0 Å². The lowest BCUT2D eigenvalue weighted by Crippen LogP contribution is -2.23. The summed E-state index contributed by atoms with van der Waals surface area (Å²) in [5.41, 5.74) is 8.47. The molecule has 94 valence electrons. The maximum absolute atomic E-state index is 11.6. The van der Waals surface area contributed by atoms with Gasteiger partial charge in [0.2, 0.25) is 0 Å². The minimum Gasteiger partial charge on any atom is -0.496 e. The molecule has 17 heavy (non-hydrogen) atoms. The van der Waals surface area contributed by atoms with Gasteiger partial charge in [-0.15, -0.1) is 0 Å². The van der Waals surface area contributed by atoms with E-state index in [4.69, 9.17) is 15.2 Å². The number of hydrogen-bond donors (Lipinski definition) is 1. The third-order valence-corrected chi connectivity index (χ3v) is 2.81. The van der Waals surface area contributed by atoms with E-state index in [0.29, 0.717) is 0 Å². The molecule has 4 nitrogen and oxygen atoms in total. The molecule has 1 atom stereocenters. The first-order chi connectivity index (χ1) is 8.04. The Kier molecular flexibility index (Phi) is 4.52. The third kappa shape index (κ3) is 2.77. The van der Waals surface area contributed by atoms with E-state index >= 15 is 0 Å². The van der Waals surface area contributed by atoms with Crippen LogP contribution >= 0.6 is 0 Å². The standard InChI is InChI=1S/C13H19NO3/c1-8-5-10(6-9(2)12(8)16-3)11(7-14)13(15)17-4/h5-6,11H,7,14H2,1-4H3. The van der Waals surface area contributed by atoms with E-state index in [-0.39, 0.29) is 12.5 Å². The van der Waals surface area contributed by atoms with Crippen molar-refractivity contribution in [2.75, 3.05) is 20.8 Å². The first-order valence-corrected chi connectivity index (χ1v) is 5.48. The molecular weight excluding hydrogens is 218 g/mol. The SMILES string of the molecule is COC(=O)C(CN)c1cc(C)c(OC)c(C)c1. The predicted octanol–water partition coefficient (Wildman–Crippen LogP) is 1.53. The molecule has 0 aliphatic carbocycles. The van der Waals surface area contributed by atoms with Crippen LogP contribution in [0.5, 0.6) is 5.75 Å². The molecule has 1 unspecified atom stereocenters. The lowest BCUT2D eigenvalue weighted by Gasteiger charge is -2.16. The van der Waals surface area contributed by atoms with Gasteiger partial charge in [-0.3, -0.25) is 4.79 Å². The Morgan fingerprint density at radius 3 is 2.18 bits per heavy atom. The van der Waals surface area contributed by atoms with Crippen LogP contribution in [0.4, 0.5) is 0 Å². The Bertz CT molecular complexity index is 392. The summed E-state index contributed by atoms with van der Waals surface area (Å²) < 4.78 is 10.0. The topological polar surface area (TPSA) is 61.5 Å². The molecule has 0 heterocycles. The predicted molar refractivity (Wildman–Crippen MR) is 66.3 cm³/mol. The van der Waals surface area contributed by atoms with Crippen LogP contribution in [0.15, 0.2) is 12.1 Å². The van der Waals surface area contributed by atoms with Crippen molar-refractivity contribution in [1.82, 2.24) is 0 Å². The molecule has 1 aromatic rings. The van der Waals surface area contributed by atoms with E-state index in [1.165, 1.54) is 7.11 Å².